The van der Waals surface area contributed by atoms with Gasteiger partial charge in [-0.2, -0.15) is 0 Å². The van der Waals surface area contributed by atoms with E-state index in [0.717, 1.165) is 32.0 Å². The van der Waals surface area contributed by atoms with Crippen molar-refractivity contribution in [3.8, 4) is 0 Å². The third-order valence-electron chi connectivity index (χ3n) is 3.75. The molecule has 1 heterocycles. The summed E-state index contributed by atoms with van der Waals surface area (Å²) in [5.41, 5.74) is 0. The molecule has 0 aromatic carbocycles. The lowest BCUT2D eigenvalue weighted by atomic mass is 9.93. The van der Waals surface area contributed by atoms with Crippen LogP contribution in [0.1, 0.15) is 38.5 Å². The average Bonchev–Trinajstić information content (AvgIpc) is 2.18. The molecular formula is C12H24N2O. The molecular weight excluding hydrogens is 188 g/mol. The highest BCUT2D eigenvalue weighted by Gasteiger charge is 2.17. The first kappa shape index (κ1) is 11.4. The molecule has 3 heteroatoms. The Balaban J connectivity index is 1.46. The minimum atomic E-state index is -0.0330. The Hall–Kier alpha value is -0.120. The molecule has 1 saturated heterocycles. The summed E-state index contributed by atoms with van der Waals surface area (Å²) < 4.78 is 0. The minimum absolute atomic E-state index is 0.0330. The van der Waals surface area contributed by atoms with E-state index in [1.54, 1.807) is 0 Å². The van der Waals surface area contributed by atoms with Gasteiger partial charge >= 0.3 is 0 Å². The topological polar surface area (TPSA) is 35.5 Å². The first-order valence-electron chi connectivity index (χ1n) is 6.48. The molecule has 88 valence electrons. The van der Waals surface area contributed by atoms with Crippen LogP contribution in [0.15, 0.2) is 0 Å². The van der Waals surface area contributed by atoms with E-state index in [-0.39, 0.29) is 6.10 Å². The van der Waals surface area contributed by atoms with Crippen LogP contribution in [-0.4, -0.2) is 48.3 Å². The zero-order chi connectivity index (χ0) is 10.5. The summed E-state index contributed by atoms with van der Waals surface area (Å²) in [7, 11) is 0. The number of hydrogen-bond acceptors (Lipinski definition) is 3. The number of aliphatic hydroxyl groups is 1. The van der Waals surface area contributed by atoms with Crippen molar-refractivity contribution in [3.05, 3.63) is 0 Å². The van der Waals surface area contributed by atoms with Crippen molar-refractivity contribution in [2.45, 2.75) is 50.7 Å². The van der Waals surface area contributed by atoms with Gasteiger partial charge in [0.25, 0.3) is 0 Å². The summed E-state index contributed by atoms with van der Waals surface area (Å²) in [4.78, 5) is 2.48. The van der Waals surface area contributed by atoms with Crippen LogP contribution in [0.2, 0.25) is 0 Å². The van der Waals surface area contributed by atoms with Crippen LogP contribution in [0.3, 0.4) is 0 Å². The van der Waals surface area contributed by atoms with Crippen LogP contribution in [0.25, 0.3) is 0 Å². The number of aliphatic hydroxyl groups excluding tert-OH is 1. The van der Waals surface area contributed by atoms with E-state index < -0.39 is 0 Å². The molecule has 0 aromatic rings. The lowest BCUT2D eigenvalue weighted by molar-refractivity contribution is 0.0819. The number of piperidine rings is 1. The number of rotatable bonds is 5. The molecule has 15 heavy (non-hydrogen) atoms. The molecule has 0 bridgehead atoms. The second-order valence-corrected chi connectivity index (χ2v) is 5.01. The van der Waals surface area contributed by atoms with E-state index in [9.17, 15) is 5.11 Å². The maximum atomic E-state index is 9.37. The molecule has 2 rings (SSSR count). The highest BCUT2D eigenvalue weighted by Crippen LogP contribution is 2.17. The molecule has 2 aliphatic rings. The standard InChI is InChI=1S/C12H24N2O/c15-12-5-9-14(10-6-12)8-2-7-13-11-3-1-4-11/h11-13,15H,1-10H2. The predicted octanol–water partition coefficient (Wildman–Crippen LogP) is 0.975. The van der Waals surface area contributed by atoms with Crippen molar-refractivity contribution in [2.24, 2.45) is 0 Å². The summed E-state index contributed by atoms with van der Waals surface area (Å²) in [5, 5.41) is 13.0. The molecule has 2 fully saturated rings. The van der Waals surface area contributed by atoms with E-state index in [4.69, 9.17) is 0 Å². The number of nitrogens with one attached hydrogen (secondary N) is 1. The van der Waals surface area contributed by atoms with Gasteiger partial charge in [0.2, 0.25) is 0 Å². The Morgan fingerprint density at radius 3 is 2.47 bits per heavy atom. The highest BCUT2D eigenvalue weighted by atomic mass is 16.3. The molecule has 1 saturated carbocycles. The Morgan fingerprint density at radius 2 is 1.87 bits per heavy atom. The van der Waals surface area contributed by atoms with Crippen LogP contribution in [0.4, 0.5) is 0 Å². The van der Waals surface area contributed by atoms with Gasteiger partial charge in [-0.05, 0) is 45.2 Å². The van der Waals surface area contributed by atoms with Crippen LogP contribution < -0.4 is 5.32 Å². The molecule has 0 unspecified atom stereocenters. The number of likely N-dealkylation sites (tertiary alicyclic amines) is 1. The van der Waals surface area contributed by atoms with Gasteiger partial charge in [0.1, 0.15) is 0 Å². The number of nitrogens with zero attached hydrogens (tertiary/aromatic N) is 1. The molecule has 0 radical (unpaired) electrons. The van der Waals surface area contributed by atoms with Crippen molar-refractivity contribution in [3.63, 3.8) is 0 Å². The molecule has 2 N–H and O–H groups in total. The van der Waals surface area contributed by atoms with Gasteiger partial charge in [-0.1, -0.05) is 6.42 Å². The highest BCUT2D eigenvalue weighted by molar-refractivity contribution is 4.76. The smallest absolute Gasteiger partial charge is 0.0564 e. The van der Waals surface area contributed by atoms with Gasteiger partial charge in [-0.3, -0.25) is 0 Å². The average molecular weight is 212 g/mol. The maximum Gasteiger partial charge on any atom is 0.0564 e. The van der Waals surface area contributed by atoms with Crippen molar-refractivity contribution in [1.82, 2.24) is 10.2 Å². The summed E-state index contributed by atoms with van der Waals surface area (Å²) in [5.74, 6) is 0. The quantitative estimate of drug-likeness (QED) is 0.667. The van der Waals surface area contributed by atoms with Gasteiger partial charge < -0.3 is 15.3 Å². The van der Waals surface area contributed by atoms with E-state index >= 15 is 0 Å². The first-order chi connectivity index (χ1) is 7.34. The minimum Gasteiger partial charge on any atom is -0.393 e. The molecule has 1 aliphatic heterocycles. The summed E-state index contributed by atoms with van der Waals surface area (Å²) in [6.45, 7) is 4.55. The maximum absolute atomic E-state index is 9.37. The zero-order valence-electron chi connectivity index (χ0n) is 9.62. The largest absolute Gasteiger partial charge is 0.393 e. The lowest BCUT2D eigenvalue weighted by Gasteiger charge is -2.30. The van der Waals surface area contributed by atoms with Gasteiger partial charge in [0.05, 0.1) is 6.10 Å². The lowest BCUT2D eigenvalue weighted by Crippen LogP contribution is -2.39. The molecule has 0 amide bonds. The molecule has 0 aromatic heterocycles. The van der Waals surface area contributed by atoms with Crippen LogP contribution in [0.5, 0.6) is 0 Å². The zero-order valence-corrected chi connectivity index (χ0v) is 9.62. The molecule has 0 spiro atoms. The third-order valence-corrected chi connectivity index (χ3v) is 3.75. The summed E-state index contributed by atoms with van der Waals surface area (Å²) in [6.07, 6.45) is 7.35. The first-order valence-corrected chi connectivity index (χ1v) is 6.48. The van der Waals surface area contributed by atoms with Crippen LogP contribution in [0, 0.1) is 0 Å². The van der Waals surface area contributed by atoms with E-state index in [1.807, 2.05) is 0 Å². The van der Waals surface area contributed by atoms with Crippen LogP contribution in [-0.2, 0) is 0 Å². The number of hydrogen-bond donors (Lipinski definition) is 2. The molecule has 1 aliphatic carbocycles. The second kappa shape index (κ2) is 5.83. The van der Waals surface area contributed by atoms with Gasteiger partial charge in [-0.25, -0.2) is 0 Å². The Labute approximate surface area is 92.8 Å². The predicted molar refractivity (Wildman–Crippen MR) is 61.9 cm³/mol. The fourth-order valence-electron chi connectivity index (χ4n) is 2.36. The van der Waals surface area contributed by atoms with Crippen LogP contribution >= 0.6 is 0 Å². The second-order valence-electron chi connectivity index (χ2n) is 5.01. The van der Waals surface area contributed by atoms with Gasteiger partial charge in [-0.15, -0.1) is 0 Å². The Bertz CT molecular complexity index is 174. The van der Waals surface area contributed by atoms with E-state index in [1.165, 1.54) is 38.8 Å². The fraction of sp³-hybridized carbons (Fsp3) is 1.00. The molecule has 0 atom stereocenters. The van der Waals surface area contributed by atoms with Crippen molar-refractivity contribution >= 4 is 0 Å². The van der Waals surface area contributed by atoms with Crippen molar-refractivity contribution in [1.29, 1.82) is 0 Å². The Kier molecular flexibility index (Phi) is 4.42. The summed E-state index contributed by atoms with van der Waals surface area (Å²) >= 11 is 0. The monoisotopic (exact) mass is 212 g/mol. The van der Waals surface area contributed by atoms with Gasteiger partial charge in [0, 0.05) is 19.1 Å². The SMILES string of the molecule is OC1CCN(CCCNC2CCC2)CC1. The normalized spacial score (nSPS) is 25.4. The molecule has 3 nitrogen and oxygen atoms in total. The summed E-state index contributed by atoms with van der Waals surface area (Å²) in [6, 6.07) is 0.827. The Morgan fingerprint density at radius 1 is 1.13 bits per heavy atom. The fourth-order valence-corrected chi connectivity index (χ4v) is 2.36. The third kappa shape index (κ3) is 3.74. The van der Waals surface area contributed by atoms with E-state index in [0.29, 0.717) is 0 Å². The van der Waals surface area contributed by atoms with Crippen molar-refractivity contribution in [2.75, 3.05) is 26.2 Å². The van der Waals surface area contributed by atoms with Gasteiger partial charge in [0.15, 0.2) is 0 Å². The van der Waals surface area contributed by atoms with E-state index in [2.05, 4.69) is 10.2 Å². The van der Waals surface area contributed by atoms with Crippen molar-refractivity contribution < 1.29 is 5.11 Å².